The van der Waals surface area contributed by atoms with Gasteiger partial charge in [-0.3, -0.25) is 4.79 Å². The van der Waals surface area contributed by atoms with Crippen LogP contribution in [0.3, 0.4) is 0 Å². The lowest BCUT2D eigenvalue weighted by atomic mass is 10.3. The molecule has 1 saturated carbocycles. The maximum Gasteiger partial charge on any atom is 0.307 e. The minimum absolute atomic E-state index is 0.256. The van der Waals surface area contributed by atoms with Crippen LogP contribution in [0.15, 0.2) is 12.1 Å². The van der Waals surface area contributed by atoms with E-state index < -0.39 is 0 Å². The Morgan fingerprint density at radius 1 is 1.53 bits per heavy atom. The number of ether oxygens (including phenoxy) is 2. The smallest absolute Gasteiger partial charge is 0.307 e. The summed E-state index contributed by atoms with van der Waals surface area (Å²) in [5.74, 6) is 1.49. The minimum Gasteiger partial charge on any atom is -0.476 e. The van der Waals surface area contributed by atoms with Gasteiger partial charge in [-0.05, 0) is 30.9 Å². The molecule has 1 heterocycles. The molecule has 1 aliphatic rings. The highest BCUT2D eigenvalue weighted by atomic mass is 16.5. The summed E-state index contributed by atoms with van der Waals surface area (Å²) in [6.45, 7) is 1.13. The molecule has 0 amide bonds. The van der Waals surface area contributed by atoms with Gasteiger partial charge in [0.05, 0.1) is 25.8 Å². The van der Waals surface area contributed by atoms with E-state index in [1.807, 2.05) is 0 Å². The molecule has 1 aromatic heterocycles. The standard InChI is InChI=1S/C13H19N3O3/c1-18-12(17)6-7-15-11-5-4-10(14)13(16-11)19-8-9-2-3-9/h4-5,9H,2-3,6-8,14H2,1H3,(H,15,16). The average molecular weight is 265 g/mol. The largest absolute Gasteiger partial charge is 0.476 e. The molecule has 2 rings (SSSR count). The molecule has 1 aromatic rings. The van der Waals surface area contributed by atoms with E-state index >= 15 is 0 Å². The molecule has 0 spiro atoms. The number of esters is 1. The Kier molecular flexibility index (Phi) is 4.43. The van der Waals surface area contributed by atoms with Crippen LogP contribution in [0.25, 0.3) is 0 Å². The van der Waals surface area contributed by atoms with Gasteiger partial charge in [0.25, 0.3) is 0 Å². The Morgan fingerprint density at radius 3 is 3.00 bits per heavy atom. The third kappa shape index (κ3) is 4.31. The molecule has 6 nitrogen and oxygen atoms in total. The Labute approximate surface area is 112 Å². The predicted molar refractivity (Wildman–Crippen MR) is 72.0 cm³/mol. The zero-order chi connectivity index (χ0) is 13.7. The summed E-state index contributed by atoms with van der Waals surface area (Å²) in [5.41, 5.74) is 6.33. The Bertz CT molecular complexity index is 447. The van der Waals surface area contributed by atoms with E-state index in [1.54, 1.807) is 12.1 Å². The molecule has 0 saturated heterocycles. The maximum atomic E-state index is 11.0. The number of methoxy groups -OCH3 is 1. The van der Waals surface area contributed by atoms with Crippen molar-refractivity contribution >= 4 is 17.5 Å². The van der Waals surface area contributed by atoms with Crippen LogP contribution in [0.4, 0.5) is 11.5 Å². The number of anilines is 2. The van der Waals surface area contributed by atoms with Gasteiger partial charge in [0.15, 0.2) is 0 Å². The summed E-state index contributed by atoms with van der Waals surface area (Å²) in [6, 6.07) is 3.51. The number of hydrogen-bond donors (Lipinski definition) is 2. The third-order valence-corrected chi connectivity index (χ3v) is 2.91. The number of hydrogen-bond acceptors (Lipinski definition) is 6. The molecule has 1 fully saturated rings. The van der Waals surface area contributed by atoms with Crippen molar-refractivity contribution in [3.05, 3.63) is 12.1 Å². The van der Waals surface area contributed by atoms with Crippen LogP contribution in [-0.2, 0) is 9.53 Å². The van der Waals surface area contributed by atoms with Gasteiger partial charge in [-0.2, -0.15) is 4.98 Å². The molecule has 104 valence electrons. The van der Waals surface area contributed by atoms with Gasteiger partial charge in [-0.25, -0.2) is 0 Å². The number of nitrogens with two attached hydrogens (primary N) is 1. The number of rotatable bonds is 7. The number of carbonyl (C=O) groups excluding carboxylic acids is 1. The molecule has 0 aromatic carbocycles. The maximum absolute atomic E-state index is 11.0. The molecule has 0 aliphatic heterocycles. The van der Waals surface area contributed by atoms with E-state index in [0.29, 0.717) is 42.9 Å². The Hall–Kier alpha value is -1.98. The summed E-state index contributed by atoms with van der Waals surface area (Å²) in [7, 11) is 1.37. The molecule has 0 bridgehead atoms. The fourth-order valence-corrected chi connectivity index (χ4v) is 1.54. The van der Waals surface area contributed by atoms with Gasteiger partial charge in [-0.15, -0.1) is 0 Å². The van der Waals surface area contributed by atoms with Gasteiger partial charge in [0, 0.05) is 6.54 Å². The van der Waals surface area contributed by atoms with Crippen molar-refractivity contribution in [1.82, 2.24) is 4.98 Å². The number of pyridine rings is 1. The van der Waals surface area contributed by atoms with Crippen molar-refractivity contribution < 1.29 is 14.3 Å². The third-order valence-electron chi connectivity index (χ3n) is 2.91. The van der Waals surface area contributed by atoms with Crippen LogP contribution in [0.1, 0.15) is 19.3 Å². The molecular formula is C13H19N3O3. The van der Waals surface area contributed by atoms with Crippen molar-refractivity contribution in [2.45, 2.75) is 19.3 Å². The molecule has 1 aliphatic carbocycles. The molecule has 0 radical (unpaired) electrons. The van der Waals surface area contributed by atoms with E-state index in [2.05, 4.69) is 15.0 Å². The highest BCUT2D eigenvalue weighted by molar-refractivity contribution is 5.69. The molecule has 3 N–H and O–H groups in total. The fraction of sp³-hybridized carbons (Fsp3) is 0.538. The quantitative estimate of drug-likeness (QED) is 0.725. The lowest BCUT2D eigenvalue weighted by Gasteiger charge is -2.10. The average Bonchev–Trinajstić information content (AvgIpc) is 3.23. The highest BCUT2D eigenvalue weighted by Gasteiger charge is 2.22. The fourth-order valence-electron chi connectivity index (χ4n) is 1.54. The zero-order valence-electron chi connectivity index (χ0n) is 11.0. The van der Waals surface area contributed by atoms with Crippen molar-refractivity contribution in [1.29, 1.82) is 0 Å². The van der Waals surface area contributed by atoms with Crippen molar-refractivity contribution in [3.63, 3.8) is 0 Å². The predicted octanol–water partition coefficient (Wildman–Crippen LogP) is 1.43. The van der Waals surface area contributed by atoms with Gasteiger partial charge in [0.2, 0.25) is 5.88 Å². The van der Waals surface area contributed by atoms with E-state index in [9.17, 15) is 4.79 Å². The van der Waals surface area contributed by atoms with E-state index in [-0.39, 0.29) is 5.97 Å². The Morgan fingerprint density at radius 2 is 2.32 bits per heavy atom. The number of nitrogen functional groups attached to an aromatic ring is 1. The lowest BCUT2D eigenvalue weighted by Crippen LogP contribution is -2.11. The number of nitrogens with one attached hydrogen (secondary N) is 1. The normalized spacial score (nSPS) is 13.9. The van der Waals surface area contributed by atoms with Crippen LogP contribution >= 0.6 is 0 Å². The lowest BCUT2D eigenvalue weighted by molar-refractivity contribution is -0.140. The van der Waals surface area contributed by atoms with Crippen molar-refractivity contribution in [3.8, 4) is 5.88 Å². The van der Waals surface area contributed by atoms with Gasteiger partial charge < -0.3 is 20.5 Å². The Balaban J connectivity index is 1.85. The van der Waals surface area contributed by atoms with Gasteiger partial charge in [-0.1, -0.05) is 0 Å². The van der Waals surface area contributed by atoms with Gasteiger partial charge in [0.1, 0.15) is 5.82 Å². The second-order valence-corrected chi connectivity index (χ2v) is 4.60. The minimum atomic E-state index is -0.256. The van der Waals surface area contributed by atoms with Crippen LogP contribution in [0, 0.1) is 5.92 Å². The first-order chi connectivity index (χ1) is 9.19. The first-order valence-electron chi connectivity index (χ1n) is 6.39. The van der Waals surface area contributed by atoms with Crippen LogP contribution in [0.5, 0.6) is 5.88 Å². The van der Waals surface area contributed by atoms with Gasteiger partial charge >= 0.3 is 5.97 Å². The summed E-state index contributed by atoms with van der Waals surface area (Å²) in [5, 5.41) is 3.03. The first-order valence-corrected chi connectivity index (χ1v) is 6.39. The van der Waals surface area contributed by atoms with E-state index in [4.69, 9.17) is 10.5 Å². The second-order valence-electron chi connectivity index (χ2n) is 4.60. The summed E-state index contributed by atoms with van der Waals surface area (Å²) in [4.78, 5) is 15.3. The second kappa shape index (κ2) is 6.26. The van der Waals surface area contributed by atoms with Crippen LogP contribution < -0.4 is 15.8 Å². The van der Waals surface area contributed by atoms with E-state index in [0.717, 1.165) is 0 Å². The number of nitrogens with zero attached hydrogens (tertiary/aromatic N) is 1. The SMILES string of the molecule is COC(=O)CCNc1ccc(N)c(OCC2CC2)n1. The first kappa shape index (κ1) is 13.5. The highest BCUT2D eigenvalue weighted by Crippen LogP contribution is 2.30. The molecule has 0 unspecified atom stereocenters. The number of aromatic nitrogens is 1. The van der Waals surface area contributed by atoms with Crippen LogP contribution in [-0.4, -0.2) is 31.2 Å². The zero-order valence-corrected chi connectivity index (χ0v) is 11.0. The molecular weight excluding hydrogens is 246 g/mol. The van der Waals surface area contributed by atoms with E-state index in [1.165, 1.54) is 20.0 Å². The summed E-state index contributed by atoms with van der Waals surface area (Å²) >= 11 is 0. The topological polar surface area (TPSA) is 86.5 Å². The van der Waals surface area contributed by atoms with Crippen molar-refractivity contribution in [2.24, 2.45) is 5.92 Å². The monoisotopic (exact) mass is 265 g/mol. The molecule has 19 heavy (non-hydrogen) atoms. The molecule has 0 atom stereocenters. The van der Waals surface area contributed by atoms with Crippen LogP contribution in [0.2, 0.25) is 0 Å². The number of carbonyl (C=O) groups is 1. The summed E-state index contributed by atoms with van der Waals surface area (Å²) in [6.07, 6.45) is 2.73. The summed E-state index contributed by atoms with van der Waals surface area (Å²) < 4.78 is 10.1. The van der Waals surface area contributed by atoms with Crippen molar-refractivity contribution in [2.75, 3.05) is 31.3 Å². The molecule has 6 heteroatoms.